The zero-order valence-corrected chi connectivity index (χ0v) is 18.0. The maximum Gasteiger partial charge on any atom is 0.127 e. The van der Waals surface area contributed by atoms with Crippen LogP contribution in [0.4, 0.5) is 0 Å². The summed E-state index contributed by atoms with van der Waals surface area (Å²) in [5.41, 5.74) is 0. The van der Waals surface area contributed by atoms with Crippen molar-refractivity contribution in [1.82, 2.24) is 0 Å². The van der Waals surface area contributed by atoms with Crippen molar-refractivity contribution in [2.24, 2.45) is 0 Å². The molecule has 4 rings (SSSR count). The summed E-state index contributed by atoms with van der Waals surface area (Å²) in [6, 6.07) is 16.2. The maximum absolute atomic E-state index is 5.87. The molecule has 0 spiro atoms. The number of rotatable bonds is 6. The summed E-state index contributed by atoms with van der Waals surface area (Å²) >= 11 is 12.0. The first kappa shape index (κ1) is 19.8. The molecule has 2 aromatic rings. The average Bonchev–Trinajstić information content (AvgIpc) is 2.74. The standard InChI is InChI=1S/C24H18O2S3/c27-21-9-1-17(2-10-21)25-19-5-13-23(14-6-19)29-24-15-7-20(8-16-24)26-18-3-11-22(28)12-4-18/h1-9,11,13-16H,10,12H2. The van der Waals surface area contributed by atoms with E-state index in [0.717, 1.165) is 55.4 Å². The van der Waals surface area contributed by atoms with Gasteiger partial charge in [0.15, 0.2) is 0 Å². The lowest BCUT2D eigenvalue weighted by molar-refractivity contribution is 0.441. The van der Waals surface area contributed by atoms with Crippen molar-refractivity contribution in [2.45, 2.75) is 22.6 Å². The minimum Gasteiger partial charge on any atom is -0.458 e. The molecule has 0 aliphatic heterocycles. The van der Waals surface area contributed by atoms with E-state index >= 15 is 0 Å². The first-order valence-corrected chi connectivity index (χ1v) is 10.8. The monoisotopic (exact) mass is 434 g/mol. The molecule has 2 aliphatic rings. The fourth-order valence-electron chi connectivity index (χ4n) is 2.74. The summed E-state index contributed by atoms with van der Waals surface area (Å²) < 4.78 is 11.7. The average molecular weight is 435 g/mol. The predicted molar refractivity (Wildman–Crippen MR) is 127 cm³/mol. The van der Waals surface area contributed by atoms with E-state index in [4.69, 9.17) is 33.9 Å². The van der Waals surface area contributed by atoms with Gasteiger partial charge in [-0.05, 0) is 85.0 Å². The van der Waals surface area contributed by atoms with Gasteiger partial charge in [0.25, 0.3) is 0 Å². The Kier molecular flexibility index (Phi) is 6.39. The summed E-state index contributed by atoms with van der Waals surface area (Å²) in [6.45, 7) is 0. The molecule has 0 radical (unpaired) electrons. The van der Waals surface area contributed by atoms with E-state index in [2.05, 4.69) is 24.3 Å². The predicted octanol–water partition coefficient (Wildman–Crippen LogP) is 7.02. The second-order valence-electron chi connectivity index (χ2n) is 6.47. The molecule has 29 heavy (non-hydrogen) atoms. The van der Waals surface area contributed by atoms with Crippen LogP contribution in [-0.4, -0.2) is 9.73 Å². The summed E-state index contributed by atoms with van der Waals surface area (Å²) in [6.07, 6.45) is 13.2. The van der Waals surface area contributed by atoms with Gasteiger partial charge in [-0.25, -0.2) is 0 Å². The molecule has 0 aromatic heterocycles. The van der Waals surface area contributed by atoms with Gasteiger partial charge >= 0.3 is 0 Å². The molecule has 2 aromatic carbocycles. The van der Waals surface area contributed by atoms with Crippen LogP contribution >= 0.6 is 36.2 Å². The Morgan fingerprint density at radius 3 is 1.34 bits per heavy atom. The zero-order chi connectivity index (χ0) is 20.1. The Morgan fingerprint density at radius 2 is 1.00 bits per heavy atom. The first-order chi connectivity index (χ1) is 14.1. The van der Waals surface area contributed by atoms with E-state index in [0.29, 0.717) is 0 Å². The summed E-state index contributed by atoms with van der Waals surface area (Å²) in [4.78, 5) is 4.15. The van der Waals surface area contributed by atoms with Crippen LogP contribution in [0.25, 0.3) is 0 Å². The van der Waals surface area contributed by atoms with Crippen LogP contribution in [0.3, 0.4) is 0 Å². The molecule has 0 amide bonds. The second-order valence-corrected chi connectivity index (χ2v) is 8.67. The van der Waals surface area contributed by atoms with Gasteiger partial charge in [0, 0.05) is 32.4 Å². The second kappa shape index (κ2) is 9.35. The van der Waals surface area contributed by atoms with Gasteiger partial charge in [0.2, 0.25) is 0 Å². The maximum atomic E-state index is 5.87. The Labute approximate surface area is 185 Å². The molecular weight excluding hydrogens is 416 g/mol. The lowest BCUT2D eigenvalue weighted by Gasteiger charge is -2.11. The van der Waals surface area contributed by atoms with Crippen molar-refractivity contribution in [3.8, 4) is 11.5 Å². The molecule has 0 bridgehead atoms. The third-order valence-corrected chi connectivity index (χ3v) is 5.85. The molecule has 0 N–H and O–H groups in total. The molecule has 144 valence electrons. The smallest absolute Gasteiger partial charge is 0.127 e. The molecular formula is C24H18O2S3. The molecule has 0 fully saturated rings. The van der Waals surface area contributed by atoms with Gasteiger partial charge in [0.1, 0.15) is 23.0 Å². The molecule has 0 heterocycles. The normalized spacial score (nSPS) is 15.7. The van der Waals surface area contributed by atoms with Crippen molar-refractivity contribution < 1.29 is 9.47 Å². The SMILES string of the molecule is S=C1C=CC(Oc2ccc(Sc3ccc(OC4=CCC(=S)C=C4)cc3)cc2)=CC1. The van der Waals surface area contributed by atoms with Crippen molar-refractivity contribution in [2.75, 3.05) is 0 Å². The van der Waals surface area contributed by atoms with Crippen molar-refractivity contribution in [1.29, 1.82) is 0 Å². The number of hydrogen-bond acceptors (Lipinski definition) is 5. The molecule has 0 atom stereocenters. The van der Waals surface area contributed by atoms with Gasteiger partial charge in [-0.3, -0.25) is 0 Å². The quantitative estimate of drug-likeness (QED) is 0.453. The summed E-state index contributed by atoms with van der Waals surface area (Å²) in [7, 11) is 0. The summed E-state index contributed by atoms with van der Waals surface area (Å²) in [5, 5.41) is 0. The molecule has 0 unspecified atom stereocenters. The third kappa shape index (κ3) is 5.76. The van der Waals surface area contributed by atoms with Crippen molar-refractivity contribution >= 4 is 45.9 Å². The lowest BCUT2D eigenvalue weighted by atomic mass is 10.2. The minimum atomic E-state index is 0.760. The van der Waals surface area contributed by atoms with Crippen LogP contribution in [-0.2, 0) is 0 Å². The van der Waals surface area contributed by atoms with Gasteiger partial charge < -0.3 is 9.47 Å². The number of hydrogen-bond donors (Lipinski definition) is 0. The number of benzene rings is 2. The fourth-order valence-corrected chi connectivity index (χ4v) is 3.86. The highest BCUT2D eigenvalue weighted by Gasteiger charge is 2.06. The molecule has 2 aliphatic carbocycles. The number of thiocarbonyl (C=S) groups is 2. The van der Waals surface area contributed by atoms with E-state index in [1.165, 1.54) is 0 Å². The lowest BCUT2D eigenvalue weighted by Crippen LogP contribution is -2.00. The Bertz CT molecular complexity index is 957. The Hall–Kier alpha value is -2.47. The molecule has 2 nitrogen and oxygen atoms in total. The Morgan fingerprint density at radius 1 is 0.586 bits per heavy atom. The van der Waals surface area contributed by atoms with Gasteiger partial charge in [-0.1, -0.05) is 36.2 Å². The van der Waals surface area contributed by atoms with E-state index < -0.39 is 0 Å². The van der Waals surface area contributed by atoms with Gasteiger partial charge in [-0.15, -0.1) is 0 Å². The van der Waals surface area contributed by atoms with Gasteiger partial charge in [-0.2, -0.15) is 0 Å². The van der Waals surface area contributed by atoms with Crippen molar-refractivity contribution in [3.05, 3.63) is 96.5 Å². The van der Waals surface area contributed by atoms with E-state index in [9.17, 15) is 0 Å². The number of ether oxygens (including phenoxy) is 2. The van der Waals surface area contributed by atoms with E-state index in [-0.39, 0.29) is 0 Å². The van der Waals surface area contributed by atoms with Crippen LogP contribution < -0.4 is 9.47 Å². The highest BCUT2D eigenvalue weighted by atomic mass is 32.2. The highest BCUT2D eigenvalue weighted by molar-refractivity contribution is 7.99. The van der Waals surface area contributed by atoms with Gasteiger partial charge in [0.05, 0.1) is 0 Å². The summed E-state index contributed by atoms with van der Waals surface area (Å²) in [5.74, 6) is 3.30. The highest BCUT2D eigenvalue weighted by Crippen LogP contribution is 2.31. The molecule has 5 heteroatoms. The zero-order valence-electron chi connectivity index (χ0n) is 15.5. The van der Waals surface area contributed by atoms with Crippen LogP contribution in [0.15, 0.2) is 106 Å². The van der Waals surface area contributed by atoms with Crippen LogP contribution in [0.5, 0.6) is 11.5 Å². The Balaban J connectivity index is 1.33. The van der Waals surface area contributed by atoms with E-state index in [1.807, 2.05) is 60.7 Å². The molecule has 0 saturated heterocycles. The van der Waals surface area contributed by atoms with Crippen LogP contribution in [0.1, 0.15) is 12.8 Å². The van der Waals surface area contributed by atoms with Crippen LogP contribution in [0, 0.1) is 0 Å². The van der Waals surface area contributed by atoms with Crippen molar-refractivity contribution in [3.63, 3.8) is 0 Å². The van der Waals surface area contributed by atoms with Crippen LogP contribution in [0.2, 0.25) is 0 Å². The molecule has 0 saturated carbocycles. The largest absolute Gasteiger partial charge is 0.458 e. The minimum absolute atomic E-state index is 0.760. The fraction of sp³-hybridized carbons (Fsp3) is 0.0833. The van der Waals surface area contributed by atoms with E-state index in [1.54, 1.807) is 11.8 Å². The first-order valence-electron chi connectivity index (χ1n) is 9.20. The topological polar surface area (TPSA) is 18.5 Å². The number of allylic oxidation sites excluding steroid dienone is 6. The third-order valence-electron chi connectivity index (χ3n) is 4.23.